The molecule has 12 heteroatoms. The molecule has 0 bridgehead atoms. The molecule has 5 nitrogen and oxygen atoms in total. The van der Waals surface area contributed by atoms with E-state index in [4.69, 9.17) is 16.2 Å². The van der Waals surface area contributed by atoms with E-state index in [2.05, 4.69) is 4.74 Å². The van der Waals surface area contributed by atoms with Crippen LogP contribution in [0.2, 0.25) is 0 Å². The first kappa shape index (κ1) is 16.3. The van der Waals surface area contributed by atoms with Gasteiger partial charge in [0.1, 0.15) is 5.88 Å². The largest absolute Gasteiger partial charge is 0.444 e. The van der Waals surface area contributed by atoms with E-state index in [1.54, 1.807) is 0 Å². The van der Waals surface area contributed by atoms with Crippen molar-refractivity contribution in [3.05, 3.63) is 0 Å². The van der Waals surface area contributed by atoms with E-state index in [0.717, 1.165) is 0 Å². The summed E-state index contributed by atoms with van der Waals surface area (Å²) in [4.78, 5) is 10.4. The maximum Gasteiger partial charge on any atom is 0.432 e. The van der Waals surface area contributed by atoms with Crippen LogP contribution < -0.4 is 0 Å². The van der Waals surface area contributed by atoms with E-state index in [0.29, 0.717) is 0 Å². The van der Waals surface area contributed by atoms with Crippen molar-refractivity contribution in [2.24, 2.45) is 0 Å². The van der Waals surface area contributed by atoms with Gasteiger partial charge in [-0.25, -0.2) is 0 Å². The van der Waals surface area contributed by atoms with Crippen molar-refractivity contribution in [1.82, 2.24) is 0 Å². The van der Waals surface area contributed by atoms with Crippen LogP contribution >= 0.6 is 11.6 Å². The van der Waals surface area contributed by atoms with E-state index in [1.165, 1.54) is 0 Å². The summed E-state index contributed by atoms with van der Waals surface area (Å²) in [5, 5.41) is -5.73. The van der Waals surface area contributed by atoms with Gasteiger partial charge in [0.25, 0.3) is 6.10 Å². The van der Waals surface area contributed by atoms with Gasteiger partial charge in [-0.3, -0.25) is 9.35 Å². The second-order valence-electron chi connectivity index (χ2n) is 2.58. The predicted octanol–water partition coefficient (Wildman–Crippen LogP) is 1.18. The second-order valence-corrected chi connectivity index (χ2v) is 4.34. The number of alkyl halides is 6. The Morgan fingerprint density at radius 2 is 1.71 bits per heavy atom. The molecule has 0 aliphatic carbocycles. The Balaban J connectivity index is 5.43. The number of hydrogen-bond acceptors (Lipinski definition) is 4. The van der Waals surface area contributed by atoms with Gasteiger partial charge < -0.3 is 4.74 Å². The number of rotatable bonds is 4. The fraction of sp³-hybridized carbons (Fsp3) is 0.800. The summed E-state index contributed by atoms with van der Waals surface area (Å²) in [6, 6.07) is 0. The van der Waals surface area contributed by atoms with Crippen LogP contribution in [0.4, 0.5) is 22.0 Å². The van der Waals surface area contributed by atoms with Crippen LogP contribution in [0.3, 0.4) is 0 Å². The molecule has 1 N–H and O–H groups in total. The highest BCUT2D eigenvalue weighted by atomic mass is 35.5. The zero-order valence-corrected chi connectivity index (χ0v) is 9.11. The molecule has 0 radical (unpaired) electrons. The third kappa shape index (κ3) is 3.92. The lowest BCUT2D eigenvalue weighted by molar-refractivity contribution is -0.258. The summed E-state index contributed by atoms with van der Waals surface area (Å²) in [6.45, 7) is 0. The summed E-state index contributed by atoms with van der Waals surface area (Å²) >= 11 is 4.71. The number of halogens is 6. The molecule has 0 aromatic carbocycles. The molecule has 0 amide bonds. The molecule has 0 heterocycles. The Bertz CT molecular complexity index is 390. The second kappa shape index (κ2) is 4.90. The minimum Gasteiger partial charge on any atom is -0.444 e. The van der Waals surface area contributed by atoms with Crippen molar-refractivity contribution in [2.75, 3.05) is 5.88 Å². The molecule has 0 aromatic heterocycles. The quantitative estimate of drug-likeness (QED) is 0.365. The van der Waals surface area contributed by atoms with Crippen LogP contribution in [0, 0.1) is 0 Å². The highest BCUT2D eigenvalue weighted by Crippen LogP contribution is 2.37. The Morgan fingerprint density at radius 1 is 1.29 bits per heavy atom. The van der Waals surface area contributed by atoms with E-state index in [-0.39, 0.29) is 0 Å². The molecule has 0 rings (SSSR count). The Hall–Kier alpha value is -0.680. The molecule has 0 aromatic rings. The zero-order valence-electron chi connectivity index (χ0n) is 7.54. The van der Waals surface area contributed by atoms with Crippen LogP contribution in [-0.2, 0) is 19.6 Å². The SMILES string of the molecule is O=C(CCl)OC(C(F)(F)F)C(F)(F)S(=O)(=O)O. The van der Waals surface area contributed by atoms with Crippen molar-refractivity contribution < 1.29 is 44.5 Å². The highest BCUT2D eigenvalue weighted by molar-refractivity contribution is 7.86. The van der Waals surface area contributed by atoms with Gasteiger partial charge in [0, 0.05) is 0 Å². The number of carbonyl (C=O) groups is 1. The first-order valence-electron chi connectivity index (χ1n) is 3.51. The van der Waals surface area contributed by atoms with Gasteiger partial charge in [0.2, 0.25) is 0 Å². The molecule has 102 valence electrons. The van der Waals surface area contributed by atoms with Crippen molar-refractivity contribution in [1.29, 1.82) is 0 Å². The van der Waals surface area contributed by atoms with Gasteiger partial charge >= 0.3 is 27.5 Å². The molecule has 0 saturated heterocycles. The van der Waals surface area contributed by atoms with Crippen LogP contribution in [0.25, 0.3) is 0 Å². The lowest BCUT2D eigenvalue weighted by atomic mass is 10.3. The summed E-state index contributed by atoms with van der Waals surface area (Å²) in [5.74, 6) is -3.12. The summed E-state index contributed by atoms with van der Waals surface area (Å²) in [6.07, 6.45) is -10.2. The van der Waals surface area contributed by atoms with E-state index in [1.807, 2.05) is 0 Å². The lowest BCUT2D eigenvalue weighted by Gasteiger charge is -2.25. The molecule has 1 atom stereocenters. The Morgan fingerprint density at radius 3 is 1.94 bits per heavy atom. The Kier molecular flexibility index (Phi) is 4.70. The molecule has 17 heavy (non-hydrogen) atoms. The molecule has 1 unspecified atom stereocenters. The van der Waals surface area contributed by atoms with Crippen molar-refractivity contribution in [3.63, 3.8) is 0 Å². The third-order valence-electron chi connectivity index (χ3n) is 1.30. The van der Waals surface area contributed by atoms with Gasteiger partial charge in [-0.15, -0.1) is 11.6 Å². The van der Waals surface area contributed by atoms with Crippen LogP contribution in [0.5, 0.6) is 0 Å². The van der Waals surface area contributed by atoms with Gasteiger partial charge in [0.05, 0.1) is 0 Å². The van der Waals surface area contributed by atoms with E-state index < -0.39 is 39.5 Å². The van der Waals surface area contributed by atoms with Gasteiger partial charge in [-0.05, 0) is 0 Å². The minimum absolute atomic E-state index is 1.20. The first-order chi connectivity index (χ1) is 7.34. The monoisotopic (exact) mass is 306 g/mol. The first-order valence-corrected chi connectivity index (χ1v) is 5.48. The van der Waals surface area contributed by atoms with E-state index >= 15 is 0 Å². The fourth-order valence-corrected chi connectivity index (χ4v) is 1.14. The maximum absolute atomic E-state index is 12.7. The number of hydrogen-bond donors (Lipinski definition) is 1. The smallest absolute Gasteiger partial charge is 0.432 e. The van der Waals surface area contributed by atoms with E-state index in [9.17, 15) is 35.2 Å². The molecule has 0 aliphatic rings. The zero-order chi connectivity index (χ0) is 14.1. The average Bonchev–Trinajstić information content (AvgIpc) is 2.09. The van der Waals surface area contributed by atoms with Gasteiger partial charge in [0.15, 0.2) is 0 Å². The molecule has 0 spiro atoms. The number of ether oxygens (including phenoxy) is 1. The van der Waals surface area contributed by atoms with Crippen LogP contribution in [-0.4, -0.2) is 42.4 Å². The molecule has 0 aliphatic heterocycles. The molecule has 0 fully saturated rings. The predicted molar refractivity (Wildman–Crippen MR) is 43.2 cm³/mol. The topological polar surface area (TPSA) is 80.7 Å². The number of carbonyl (C=O) groups excluding carboxylic acids is 1. The van der Waals surface area contributed by atoms with Gasteiger partial charge in [-0.1, -0.05) is 0 Å². The standard InChI is InChI=1S/C5H4ClF5O5S/c6-1-2(12)16-3(4(7,8)9)5(10,11)17(13,14)15/h3H,1H2,(H,13,14,15). The normalized spacial score (nSPS) is 15.5. The van der Waals surface area contributed by atoms with Crippen LogP contribution in [0.1, 0.15) is 0 Å². The van der Waals surface area contributed by atoms with Gasteiger partial charge in [-0.2, -0.15) is 30.4 Å². The molecular formula is C5H4ClF5O5S. The minimum atomic E-state index is -6.41. The summed E-state index contributed by atoms with van der Waals surface area (Å²) < 4.78 is 92.9. The summed E-state index contributed by atoms with van der Waals surface area (Å²) in [7, 11) is -6.41. The average molecular weight is 307 g/mol. The number of esters is 1. The molecule has 0 saturated carbocycles. The molecular weight excluding hydrogens is 303 g/mol. The third-order valence-corrected chi connectivity index (χ3v) is 2.43. The van der Waals surface area contributed by atoms with Crippen molar-refractivity contribution in [2.45, 2.75) is 17.5 Å². The van der Waals surface area contributed by atoms with Crippen molar-refractivity contribution in [3.8, 4) is 0 Å². The highest BCUT2D eigenvalue weighted by Gasteiger charge is 2.65. The Labute approximate surface area is 96.2 Å². The lowest BCUT2D eigenvalue weighted by Crippen LogP contribution is -2.52. The van der Waals surface area contributed by atoms with Crippen LogP contribution in [0.15, 0.2) is 0 Å². The maximum atomic E-state index is 12.7. The summed E-state index contributed by atoms with van der Waals surface area (Å²) in [5.41, 5.74) is 0. The van der Waals surface area contributed by atoms with Crippen molar-refractivity contribution >= 4 is 27.7 Å². The fourth-order valence-electron chi connectivity index (χ4n) is 0.624.